The molecule has 1 heterocycles. The van der Waals surface area contributed by atoms with Crippen LogP contribution in [0.1, 0.15) is 33.4 Å². The Morgan fingerprint density at radius 1 is 1.00 bits per heavy atom. The second-order valence-corrected chi connectivity index (χ2v) is 8.52. The van der Waals surface area contributed by atoms with Gasteiger partial charge in [-0.15, -0.1) is 0 Å². The highest BCUT2D eigenvalue weighted by molar-refractivity contribution is 6.30. The van der Waals surface area contributed by atoms with Crippen LogP contribution in [-0.4, -0.2) is 34.6 Å². The lowest BCUT2D eigenvalue weighted by atomic mass is 10.1. The molecule has 0 aliphatic carbocycles. The minimum atomic E-state index is -1.07. The van der Waals surface area contributed by atoms with E-state index >= 15 is 0 Å². The largest absolute Gasteiger partial charge is 0.478 e. The van der Waals surface area contributed by atoms with Crippen molar-refractivity contribution in [1.29, 1.82) is 0 Å². The van der Waals surface area contributed by atoms with E-state index in [0.29, 0.717) is 22.4 Å². The van der Waals surface area contributed by atoms with Gasteiger partial charge in [0.25, 0.3) is 5.91 Å². The Hall–Kier alpha value is -3.32. The Balaban J connectivity index is 1.65. The fourth-order valence-electron chi connectivity index (χ4n) is 3.21. The summed E-state index contributed by atoms with van der Waals surface area (Å²) >= 11 is 5.91. The molecule has 3 aromatic rings. The third-order valence-corrected chi connectivity index (χ3v) is 5.31. The van der Waals surface area contributed by atoms with Gasteiger partial charge >= 0.3 is 0 Å². The van der Waals surface area contributed by atoms with E-state index in [1.165, 1.54) is 0 Å². The van der Waals surface area contributed by atoms with Crippen LogP contribution in [0.5, 0.6) is 5.75 Å². The maximum Gasteiger partial charge on any atom is 0.267 e. The van der Waals surface area contributed by atoms with Gasteiger partial charge in [0.2, 0.25) is 5.95 Å². The molecule has 0 aliphatic heterocycles. The lowest BCUT2D eigenvalue weighted by Crippen LogP contribution is -2.42. The third-order valence-electron chi connectivity index (χ3n) is 5.06. The van der Waals surface area contributed by atoms with Crippen LogP contribution >= 0.6 is 11.6 Å². The molecule has 0 radical (unpaired) electrons. The monoisotopic (exact) mass is 467 g/mol. The lowest BCUT2D eigenvalue weighted by molar-refractivity contribution is -0.128. The quantitative estimate of drug-likeness (QED) is 0.412. The average Bonchev–Trinajstić information content (AvgIpc) is 2.77. The Kier molecular flexibility index (Phi) is 7.76. The molecule has 8 heteroatoms. The maximum atomic E-state index is 12.8. The number of aryl methyl sites for hydroxylation is 1. The van der Waals surface area contributed by atoms with Crippen molar-refractivity contribution in [3.05, 3.63) is 65.3 Å². The minimum Gasteiger partial charge on any atom is -0.478 e. The molecular weight excluding hydrogens is 438 g/mol. The molecule has 0 spiro atoms. The molecule has 1 amide bonds. The summed E-state index contributed by atoms with van der Waals surface area (Å²) in [5, 5.41) is 6.75. The first kappa shape index (κ1) is 24.3. The van der Waals surface area contributed by atoms with Crippen molar-refractivity contribution < 1.29 is 9.53 Å². The molecule has 2 N–H and O–H groups in total. The third kappa shape index (κ3) is 6.58. The van der Waals surface area contributed by atoms with Crippen molar-refractivity contribution in [1.82, 2.24) is 9.97 Å². The van der Waals surface area contributed by atoms with Crippen LogP contribution in [0.3, 0.4) is 0 Å². The van der Waals surface area contributed by atoms with Crippen molar-refractivity contribution in [3.63, 3.8) is 0 Å². The predicted octanol–water partition coefficient (Wildman–Crippen LogP) is 5.82. The predicted molar refractivity (Wildman–Crippen MR) is 135 cm³/mol. The van der Waals surface area contributed by atoms with Gasteiger partial charge in [0.15, 0.2) is 5.60 Å². The number of nitrogens with one attached hydrogen (secondary N) is 2. The van der Waals surface area contributed by atoms with Gasteiger partial charge < -0.3 is 20.3 Å². The first-order valence-corrected chi connectivity index (χ1v) is 11.3. The number of nitrogens with zero attached hydrogens (tertiary/aromatic N) is 3. The smallest absolute Gasteiger partial charge is 0.267 e. The van der Waals surface area contributed by atoms with Crippen molar-refractivity contribution in [3.8, 4) is 5.75 Å². The number of aromatic nitrogens is 2. The summed E-state index contributed by atoms with van der Waals surface area (Å²) in [7, 11) is 0. The minimum absolute atomic E-state index is 0.260. The SMILES string of the molecule is CCN(CC)c1cc(C)nc(Nc2ccc(NC(=O)C(C)(C)Oc3ccc(Cl)cc3)cc2)n1. The van der Waals surface area contributed by atoms with Crippen LogP contribution in [-0.2, 0) is 4.79 Å². The Morgan fingerprint density at radius 2 is 1.61 bits per heavy atom. The molecule has 33 heavy (non-hydrogen) atoms. The van der Waals surface area contributed by atoms with Crippen molar-refractivity contribution in [2.45, 2.75) is 40.2 Å². The molecule has 0 bridgehead atoms. The molecule has 0 aliphatic rings. The summed E-state index contributed by atoms with van der Waals surface area (Å²) in [6, 6.07) is 16.3. The van der Waals surface area contributed by atoms with Crippen molar-refractivity contribution in [2.24, 2.45) is 0 Å². The molecule has 0 unspecified atom stereocenters. The summed E-state index contributed by atoms with van der Waals surface area (Å²) in [6.45, 7) is 11.3. The highest BCUT2D eigenvalue weighted by Crippen LogP contribution is 2.24. The van der Waals surface area contributed by atoms with Gasteiger partial charge in [0.05, 0.1) is 0 Å². The van der Waals surface area contributed by atoms with E-state index in [0.717, 1.165) is 30.3 Å². The number of rotatable bonds is 9. The van der Waals surface area contributed by atoms with Crippen molar-refractivity contribution in [2.75, 3.05) is 28.6 Å². The average molecular weight is 468 g/mol. The number of ether oxygens (including phenoxy) is 1. The summed E-state index contributed by atoms with van der Waals surface area (Å²) in [6.07, 6.45) is 0. The summed E-state index contributed by atoms with van der Waals surface area (Å²) in [4.78, 5) is 24.1. The number of carbonyl (C=O) groups excluding carboxylic acids is 1. The van der Waals surface area contributed by atoms with Crippen LogP contribution in [0, 0.1) is 6.92 Å². The molecule has 7 nitrogen and oxygen atoms in total. The fourth-order valence-corrected chi connectivity index (χ4v) is 3.33. The van der Waals surface area contributed by atoms with Crippen LogP contribution in [0.25, 0.3) is 0 Å². The Labute approximate surface area is 200 Å². The zero-order valence-electron chi connectivity index (χ0n) is 19.6. The molecule has 1 aromatic heterocycles. The summed E-state index contributed by atoms with van der Waals surface area (Å²) in [5.74, 6) is 1.73. The second kappa shape index (κ2) is 10.5. The highest BCUT2D eigenvalue weighted by atomic mass is 35.5. The molecule has 0 saturated carbocycles. The topological polar surface area (TPSA) is 79.4 Å². The number of carbonyl (C=O) groups is 1. The van der Waals surface area contributed by atoms with Gasteiger partial charge in [-0.2, -0.15) is 4.98 Å². The van der Waals surface area contributed by atoms with E-state index in [9.17, 15) is 4.79 Å². The normalized spacial score (nSPS) is 11.1. The summed E-state index contributed by atoms with van der Waals surface area (Å²) in [5.41, 5.74) is 1.30. The molecule has 0 saturated heterocycles. The zero-order chi connectivity index (χ0) is 24.0. The first-order valence-electron chi connectivity index (χ1n) is 10.9. The zero-order valence-corrected chi connectivity index (χ0v) is 20.4. The van der Waals surface area contributed by atoms with Crippen LogP contribution in [0.4, 0.5) is 23.1 Å². The van der Waals surface area contributed by atoms with E-state index in [4.69, 9.17) is 16.3 Å². The van der Waals surface area contributed by atoms with E-state index in [1.807, 2.05) is 37.3 Å². The van der Waals surface area contributed by atoms with Crippen LogP contribution in [0.2, 0.25) is 5.02 Å². The van der Waals surface area contributed by atoms with E-state index < -0.39 is 5.60 Å². The molecular formula is C25H30ClN5O2. The van der Waals surface area contributed by atoms with Crippen LogP contribution in [0.15, 0.2) is 54.6 Å². The van der Waals surface area contributed by atoms with E-state index in [2.05, 4.69) is 39.3 Å². The van der Waals surface area contributed by atoms with Gasteiger partial charge in [0.1, 0.15) is 11.6 Å². The second-order valence-electron chi connectivity index (χ2n) is 8.09. The van der Waals surface area contributed by atoms with E-state index in [1.54, 1.807) is 38.1 Å². The van der Waals surface area contributed by atoms with Gasteiger partial charge in [0, 0.05) is 41.2 Å². The molecule has 2 aromatic carbocycles. The van der Waals surface area contributed by atoms with Crippen LogP contribution < -0.4 is 20.3 Å². The highest BCUT2D eigenvalue weighted by Gasteiger charge is 2.30. The van der Waals surface area contributed by atoms with Gasteiger partial charge in [-0.25, -0.2) is 4.98 Å². The number of benzene rings is 2. The maximum absolute atomic E-state index is 12.8. The standard InChI is InChI=1S/C25H30ClN5O2/c1-6-31(7-2)22-16-17(3)27-24(30-22)29-20-12-10-19(11-13-20)28-23(32)25(4,5)33-21-14-8-18(26)9-15-21/h8-16H,6-7H2,1-5H3,(H,28,32)(H,27,29,30). The molecule has 174 valence electrons. The van der Waals surface area contributed by atoms with E-state index in [-0.39, 0.29) is 5.91 Å². The Morgan fingerprint density at radius 3 is 2.21 bits per heavy atom. The molecule has 0 atom stereocenters. The number of anilines is 4. The number of amides is 1. The first-order chi connectivity index (χ1) is 15.7. The Bertz CT molecular complexity index is 1080. The summed E-state index contributed by atoms with van der Waals surface area (Å²) < 4.78 is 5.85. The number of halogens is 1. The van der Waals surface area contributed by atoms with Gasteiger partial charge in [-0.05, 0) is 83.1 Å². The van der Waals surface area contributed by atoms with Crippen molar-refractivity contribution >= 4 is 40.6 Å². The van der Waals surface area contributed by atoms with Gasteiger partial charge in [-0.3, -0.25) is 4.79 Å². The fraction of sp³-hybridized carbons (Fsp3) is 0.320. The molecule has 0 fully saturated rings. The number of hydrogen-bond acceptors (Lipinski definition) is 6. The number of hydrogen-bond donors (Lipinski definition) is 2. The lowest BCUT2D eigenvalue weighted by Gasteiger charge is -2.25. The molecule has 3 rings (SSSR count). The van der Waals surface area contributed by atoms with Gasteiger partial charge in [-0.1, -0.05) is 11.6 Å².